The summed E-state index contributed by atoms with van der Waals surface area (Å²) in [6, 6.07) is 2.00. The molecular weight excluding hydrogens is 364 g/mol. The third-order valence-corrected chi connectivity index (χ3v) is 6.39. The van der Waals surface area contributed by atoms with E-state index in [4.69, 9.17) is 4.99 Å². The van der Waals surface area contributed by atoms with Crippen LogP contribution in [0.3, 0.4) is 0 Å². The van der Waals surface area contributed by atoms with Gasteiger partial charge in [-0.05, 0) is 32.4 Å². The van der Waals surface area contributed by atoms with E-state index in [2.05, 4.69) is 34.0 Å². The van der Waals surface area contributed by atoms with E-state index in [1.165, 1.54) is 25.0 Å². The SMILES string of the molecule is CC1CC(Nc2cc(N3CCCCC3)cn(C)c2=O)=NC=C1N1CCN(C)CC1. The van der Waals surface area contributed by atoms with Gasteiger partial charge in [-0.3, -0.25) is 4.79 Å². The fourth-order valence-corrected chi connectivity index (χ4v) is 4.52. The summed E-state index contributed by atoms with van der Waals surface area (Å²) in [5.74, 6) is 1.27. The van der Waals surface area contributed by atoms with E-state index >= 15 is 0 Å². The molecule has 4 heterocycles. The summed E-state index contributed by atoms with van der Waals surface area (Å²) in [6.07, 6.45) is 8.51. The molecule has 1 aromatic heterocycles. The topological polar surface area (TPSA) is 56.1 Å². The number of pyridine rings is 1. The van der Waals surface area contributed by atoms with Crippen LogP contribution in [0.25, 0.3) is 0 Å². The van der Waals surface area contributed by atoms with Crippen molar-refractivity contribution in [3.05, 3.63) is 34.5 Å². The molecule has 158 valence electrons. The Bertz CT molecular complexity index is 843. The highest BCUT2D eigenvalue weighted by Crippen LogP contribution is 2.26. The van der Waals surface area contributed by atoms with E-state index in [0.717, 1.165) is 57.2 Å². The number of aryl methyl sites for hydroxylation is 1. The van der Waals surface area contributed by atoms with Crippen LogP contribution in [0.5, 0.6) is 0 Å². The van der Waals surface area contributed by atoms with Crippen molar-refractivity contribution in [2.45, 2.75) is 32.6 Å². The highest BCUT2D eigenvalue weighted by molar-refractivity contribution is 5.96. The lowest BCUT2D eigenvalue weighted by molar-refractivity contribution is 0.174. The average molecular weight is 399 g/mol. The van der Waals surface area contributed by atoms with E-state index < -0.39 is 0 Å². The maximum absolute atomic E-state index is 12.7. The van der Waals surface area contributed by atoms with E-state index in [0.29, 0.717) is 11.6 Å². The van der Waals surface area contributed by atoms with E-state index in [1.807, 2.05) is 25.5 Å². The van der Waals surface area contributed by atoms with Crippen molar-refractivity contribution < 1.29 is 0 Å². The smallest absolute Gasteiger partial charge is 0.274 e. The maximum Gasteiger partial charge on any atom is 0.274 e. The van der Waals surface area contributed by atoms with Gasteiger partial charge in [-0.25, -0.2) is 4.99 Å². The number of likely N-dealkylation sites (N-methyl/N-ethyl adjacent to an activating group) is 1. The molecule has 1 aromatic rings. The summed E-state index contributed by atoms with van der Waals surface area (Å²) < 4.78 is 1.69. The average Bonchev–Trinajstić information content (AvgIpc) is 2.73. The van der Waals surface area contributed by atoms with Gasteiger partial charge in [0.15, 0.2) is 0 Å². The predicted octanol–water partition coefficient (Wildman–Crippen LogP) is 2.31. The lowest BCUT2D eigenvalue weighted by atomic mass is 9.99. The molecule has 3 aliphatic heterocycles. The number of nitrogens with zero attached hydrogens (tertiary/aromatic N) is 5. The highest BCUT2D eigenvalue weighted by atomic mass is 16.1. The lowest BCUT2D eigenvalue weighted by Crippen LogP contribution is -2.45. The number of anilines is 2. The Morgan fingerprint density at radius 1 is 1.00 bits per heavy atom. The molecule has 3 aliphatic rings. The van der Waals surface area contributed by atoms with Crippen molar-refractivity contribution in [3.8, 4) is 0 Å². The van der Waals surface area contributed by atoms with Crippen LogP contribution in [-0.4, -0.2) is 66.5 Å². The van der Waals surface area contributed by atoms with Gasteiger partial charge in [0.25, 0.3) is 5.56 Å². The minimum atomic E-state index is -0.00467. The molecule has 0 bridgehead atoms. The monoisotopic (exact) mass is 398 g/mol. The molecule has 7 heteroatoms. The summed E-state index contributed by atoms with van der Waals surface area (Å²) in [5.41, 5.74) is 3.05. The van der Waals surface area contributed by atoms with E-state index in [-0.39, 0.29) is 5.56 Å². The van der Waals surface area contributed by atoms with E-state index in [1.54, 1.807) is 4.57 Å². The molecule has 1 atom stereocenters. The number of allylic oxidation sites excluding steroid dienone is 1. The summed E-state index contributed by atoms with van der Waals surface area (Å²) in [7, 11) is 4.01. The van der Waals surface area contributed by atoms with Gasteiger partial charge < -0.3 is 24.6 Å². The molecule has 1 N–H and O–H groups in total. The highest BCUT2D eigenvalue weighted by Gasteiger charge is 2.24. The van der Waals surface area contributed by atoms with Crippen molar-refractivity contribution in [1.82, 2.24) is 14.4 Å². The molecule has 0 spiro atoms. The summed E-state index contributed by atoms with van der Waals surface area (Å²) >= 11 is 0. The lowest BCUT2D eigenvalue weighted by Gasteiger charge is -2.38. The molecule has 1 unspecified atom stereocenters. The van der Waals surface area contributed by atoms with Crippen LogP contribution in [0.2, 0.25) is 0 Å². The minimum Gasteiger partial charge on any atom is -0.371 e. The Morgan fingerprint density at radius 3 is 2.41 bits per heavy atom. The summed E-state index contributed by atoms with van der Waals surface area (Å²) in [4.78, 5) is 24.6. The molecule has 2 saturated heterocycles. The first-order valence-corrected chi connectivity index (χ1v) is 10.9. The third-order valence-electron chi connectivity index (χ3n) is 6.39. The Kier molecular flexibility index (Phi) is 5.94. The van der Waals surface area contributed by atoms with Crippen LogP contribution < -0.4 is 15.8 Å². The van der Waals surface area contributed by atoms with Crippen LogP contribution in [0.15, 0.2) is 33.9 Å². The van der Waals surface area contributed by atoms with E-state index in [9.17, 15) is 4.79 Å². The molecule has 0 aliphatic carbocycles. The zero-order chi connectivity index (χ0) is 20.4. The van der Waals surface area contributed by atoms with Gasteiger partial charge >= 0.3 is 0 Å². The predicted molar refractivity (Wildman–Crippen MR) is 120 cm³/mol. The number of hydrogen-bond acceptors (Lipinski definition) is 6. The fourth-order valence-electron chi connectivity index (χ4n) is 4.52. The minimum absolute atomic E-state index is 0.00467. The largest absolute Gasteiger partial charge is 0.371 e. The number of piperidine rings is 1. The van der Waals surface area contributed by atoms with Crippen molar-refractivity contribution in [1.29, 1.82) is 0 Å². The van der Waals surface area contributed by atoms with Gasteiger partial charge in [0.1, 0.15) is 11.5 Å². The van der Waals surface area contributed by atoms with Crippen molar-refractivity contribution in [2.75, 3.05) is 56.5 Å². The van der Waals surface area contributed by atoms with Gasteiger partial charge in [-0.15, -0.1) is 0 Å². The first-order chi connectivity index (χ1) is 14.0. The van der Waals surface area contributed by atoms with Gasteiger partial charge in [0.2, 0.25) is 0 Å². The normalized spacial score (nSPS) is 23.6. The number of rotatable bonds is 3. The van der Waals surface area contributed by atoms with Crippen LogP contribution in [0, 0.1) is 5.92 Å². The Morgan fingerprint density at radius 2 is 1.72 bits per heavy atom. The van der Waals surface area contributed by atoms with Gasteiger partial charge in [-0.1, -0.05) is 6.92 Å². The molecule has 7 nitrogen and oxygen atoms in total. The second kappa shape index (κ2) is 8.61. The second-order valence-electron chi connectivity index (χ2n) is 8.73. The third kappa shape index (κ3) is 4.50. The second-order valence-corrected chi connectivity index (χ2v) is 8.73. The summed E-state index contributed by atoms with van der Waals surface area (Å²) in [6.45, 7) is 8.69. The van der Waals surface area contributed by atoms with Gasteiger partial charge in [0.05, 0.1) is 5.69 Å². The van der Waals surface area contributed by atoms with Gasteiger partial charge in [-0.2, -0.15) is 0 Å². The molecule has 0 radical (unpaired) electrons. The fraction of sp³-hybridized carbons (Fsp3) is 0.636. The van der Waals surface area contributed by atoms with Crippen LogP contribution >= 0.6 is 0 Å². The molecule has 4 rings (SSSR count). The van der Waals surface area contributed by atoms with Crippen LogP contribution in [-0.2, 0) is 7.05 Å². The first kappa shape index (κ1) is 20.0. The van der Waals surface area contributed by atoms with Crippen molar-refractivity contribution >= 4 is 17.2 Å². The van der Waals surface area contributed by atoms with Crippen molar-refractivity contribution in [3.63, 3.8) is 0 Å². The van der Waals surface area contributed by atoms with Crippen molar-refractivity contribution in [2.24, 2.45) is 18.0 Å². The maximum atomic E-state index is 12.7. The molecule has 2 fully saturated rings. The Labute approximate surface area is 173 Å². The number of aromatic nitrogens is 1. The van der Waals surface area contributed by atoms with Gasteiger partial charge in [0, 0.05) is 76.7 Å². The Balaban J connectivity index is 1.51. The van der Waals surface area contributed by atoms with Crippen LogP contribution in [0.4, 0.5) is 11.4 Å². The zero-order valence-electron chi connectivity index (χ0n) is 18.0. The molecule has 0 aromatic carbocycles. The first-order valence-electron chi connectivity index (χ1n) is 10.9. The summed E-state index contributed by atoms with van der Waals surface area (Å²) in [5, 5.41) is 3.35. The number of hydrogen-bond donors (Lipinski definition) is 1. The van der Waals surface area contributed by atoms with Crippen LogP contribution in [0.1, 0.15) is 32.6 Å². The quantitative estimate of drug-likeness (QED) is 0.847. The zero-order valence-corrected chi connectivity index (χ0v) is 18.0. The molecule has 0 saturated carbocycles. The molecule has 0 amide bonds. The standard InChI is InChI=1S/C22H34N6O/c1-17-13-21(23-15-20(17)28-11-9-25(2)10-12-28)24-19-14-18(16-26(3)22(19)29)27-7-5-4-6-8-27/h14-17H,4-13H2,1-3H3,(H,23,24). The molecule has 29 heavy (non-hydrogen) atoms. The number of amidine groups is 1. The number of aliphatic imine (C=N–C) groups is 1. The number of piperazine rings is 1. The number of nitrogens with one attached hydrogen (secondary N) is 1. The Hall–Kier alpha value is -2.28. The molecular formula is C22H34N6O.